The van der Waals surface area contributed by atoms with Gasteiger partial charge in [0.05, 0.1) is 0 Å². The van der Waals surface area contributed by atoms with E-state index in [1.165, 1.54) is 11.1 Å². The van der Waals surface area contributed by atoms with Crippen LogP contribution in [0, 0.1) is 6.92 Å². The molecule has 2 nitrogen and oxygen atoms in total. The Kier molecular flexibility index (Phi) is 5.83. The summed E-state index contributed by atoms with van der Waals surface area (Å²) >= 11 is 3.60. The van der Waals surface area contributed by atoms with Gasteiger partial charge in [0.2, 0.25) is 0 Å². The van der Waals surface area contributed by atoms with Gasteiger partial charge in [-0.2, -0.15) is 0 Å². The first-order valence-electron chi connectivity index (χ1n) is 7.38. The van der Waals surface area contributed by atoms with E-state index in [0.29, 0.717) is 12.5 Å². The largest absolute Gasteiger partial charge is 0.380 e. The summed E-state index contributed by atoms with van der Waals surface area (Å²) in [7, 11) is 0. The minimum atomic E-state index is 0.262. The van der Waals surface area contributed by atoms with E-state index < -0.39 is 0 Å². The Hall–Kier alpha value is -1.32. The zero-order valence-corrected chi connectivity index (χ0v) is 14.2. The molecule has 0 aromatic heterocycles. The van der Waals surface area contributed by atoms with Gasteiger partial charge in [0, 0.05) is 22.7 Å². The standard InChI is InChI=1S/C18H23BrN2/c1-13-8-9-17(19)18(10-13)21-16(12-20)11-14(2)15-6-4-3-5-7-15/h3-10,14,16,21H,11-12,20H2,1-2H3. The van der Waals surface area contributed by atoms with Crippen LogP contribution >= 0.6 is 15.9 Å². The summed E-state index contributed by atoms with van der Waals surface area (Å²) in [6.45, 7) is 4.98. The fourth-order valence-electron chi connectivity index (χ4n) is 2.53. The number of nitrogens with one attached hydrogen (secondary N) is 1. The number of anilines is 1. The van der Waals surface area contributed by atoms with Crippen LogP contribution in [0.2, 0.25) is 0 Å². The normalized spacial score (nSPS) is 13.7. The maximum Gasteiger partial charge on any atom is 0.0489 e. The van der Waals surface area contributed by atoms with Gasteiger partial charge in [0.1, 0.15) is 0 Å². The highest BCUT2D eigenvalue weighted by atomic mass is 79.9. The molecule has 3 N–H and O–H groups in total. The van der Waals surface area contributed by atoms with E-state index in [2.05, 4.69) is 83.6 Å². The van der Waals surface area contributed by atoms with Crippen molar-refractivity contribution in [1.29, 1.82) is 0 Å². The summed E-state index contributed by atoms with van der Waals surface area (Å²) in [5.74, 6) is 0.482. The minimum absolute atomic E-state index is 0.262. The van der Waals surface area contributed by atoms with Crippen molar-refractivity contribution in [2.45, 2.75) is 32.2 Å². The van der Waals surface area contributed by atoms with Crippen LogP contribution in [-0.4, -0.2) is 12.6 Å². The quantitative estimate of drug-likeness (QED) is 0.796. The number of nitrogens with two attached hydrogens (primary N) is 1. The molecule has 112 valence electrons. The van der Waals surface area contributed by atoms with Gasteiger partial charge in [-0.15, -0.1) is 0 Å². The molecule has 0 radical (unpaired) electrons. The van der Waals surface area contributed by atoms with Gasteiger partial charge >= 0.3 is 0 Å². The number of rotatable bonds is 6. The van der Waals surface area contributed by atoms with Crippen LogP contribution in [0.5, 0.6) is 0 Å². The summed E-state index contributed by atoms with van der Waals surface area (Å²) in [5, 5.41) is 3.57. The summed E-state index contributed by atoms with van der Waals surface area (Å²) in [6.07, 6.45) is 1.01. The smallest absolute Gasteiger partial charge is 0.0489 e. The maximum atomic E-state index is 5.96. The second-order valence-electron chi connectivity index (χ2n) is 5.61. The van der Waals surface area contributed by atoms with Gasteiger partial charge in [0.15, 0.2) is 0 Å². The molecule has 0 aliphatic heterocycles. The molecule has 0 amide bonds. The summed E-state index contributed by atoms with van der Waals surface area (Å²) in [5.41, 5.74) is 9.68. The van der Waals surface area contributed by atoms with Crippen molar-refractivity contribution in [1.82, 2.24) is 0 Å². The Labute approximate surface area is 135 Å². The molecule has 2 atom stereocenters. The highest BCUT2D eigenvalue weighted by Gasteiger charge is 2.14. The van der Waals surface area contributed by atoms with Crippen molar-refractivity contribution in [3.05, 3.63) is 64.1 Å². The molecule has 0 bridgehead atoms. The molecule has 2 unspecified atom stereocenters. The van der Waals surface area contributed by atoms with E-state index in [9.17, 15) is 0 Å². The fourth-order valence-corrected chi connectivity index (χ4v) is 2.89. The zero-order valence-electron chi connectivity index (χ0n) is 12.6. The monoisotopic (exact) mass is 346 g/mol. The van der Waals surface area contributed by atoms with E-state index in [0.717, 1.165) is 16.6 Å². The van der Waals surface area contributed by atoms with E-state index in [1.807, 2.05) is 0 Å². The van der Waals surface area contributed by atoms with E-state index in [4.69, 9.17) is 5.73 Å². The van der Waals surface area contributed by atoms with Crippen molar-refractivity contribution in [3.63, 3.8) is 0 Å². The van der Waals surface area contributed by atoms with Crippen LogP contribution < -0.4 is 11.1 Å². The maximum absolute atomic E-state index is 5.96. The van der Waals surface area contributed by atoms with Crippen LogP contribution in [0.1, 0.15) is 30.4 Å². The van der Waals surface area contributed by atoms with Crippen molar-refractivity contribution < 1.29 is 0 Å². The number of benzene rings is 2. The third-order valence-corrected chi connectivity index (χ3v) is 4.46. The Balaban J connectivity index is 2.05. The SMILES string of the molecule is Cc1ccc(Br)c(NC(CN)CC(C)c2ccccc2)c1. The first-order chi connectivity index (χ1) is 10.1. The van der Waals surface area contributed by atoms with Gasteiger partial charge in [0.25, 0.3) is 0 Å². The van der Waals surface area contributed by atoms with Gasteiger partial charge in [-0.3, -0.25) is 0 Å². The molecule has 21 heavy (non-hydrogen) atoms. The number of hydrogen-bond acceptors (Lipinski definition) is 2. The topological polar surface area (TPSA) is 38.0 Å². The van der Waals surface area contributed by atoms with Crippen LogP contribution in [0.3, 0.4) is 0 Å². The van der Waals surface area contributed by atoms with Crippen LogP contribution in [0.15, 0.2) is 53.0 Å². The molecule has 0 heterocycles. The Bertz CT molecular complexity index is 569. The van der Waals surface area contributed by atoms with Crippen molar-refractivity contribution in [2.75, 3.05) is 11.9 Å². The molecule has 2 aromatic rings. The van der Waals surface area contributed by atoms with Gasteiger partial charge in [-0.05, 0) is 58.5 Å². The second-order valence-corrected chi connectivity index (χ2v) is 6.46. The molecule has 2 rings (SSSR count). The van der Waals surface area contributed by atoms with Crippen molar-refractivity contribution in [3.8, 4) is 0 Å². The van der Waals surface area contributed by atoms with Crippen molar-refractivity contribution in [2.24, 2.45) is 5.73 Å². The molecule has 3 heteroatoms. The Morgan fingerprint density at radius 1 is 1.14 bits per heavy atom. The van der Waals surface area contributed by atoms with E-state index in [1.54, 1.807) is 0 Å². The van der Waals surface area contributed by atoms with E-state index in [-0.39, 0.29) is 6.04 Å². The van der Waals surface area contributed by atoms with Gasteiger partial charge in [-0.1, -0.05) is 43.3 Å². The lowest BCUT2D eigenvalue weighted by Gasteiger charge is -2.23. The molecular formula is C18H23BrN2. The molecule has 0 spiro atoms. The highest BCUT2D eigenvalue weighted by molar-refractivity contribution is 9.10. The lowest BCUT2D eigenvalue weighted by atomic mass is 9.94. The van der Waals surface area contributed by atoms with E-state index >= 15 is 0 Å². The third kappa shape index (κ3) is 4.58. The molecule has 0 saturated heterocycles. The predicted octanol–water partition coefficient (Wildman–Crippen LogP) is 4.69. The molecule has 0 aliphatic carbocycles. The Morgan fingerprint density at radius 2 is 1.86 bits per heavy atom. The zero-order chi connectivity index (χ0) is 15.2. The molecule has 2 aromatic carbocycles. The van der Waals surface area contributed by atoms with Crippen LogP contribution in [0.25, 0.3) is 0 Å². The van der Waals surface area contributed by atoms with Crippen LogP contribution in [0.4, 0.5) is 5.69 Å². The minimum Gasteiger partial charge on any atom is -0.380 e. The average molecular weight is 347 g/mol. The Morgan fingerprint density at radius 3 is 2.52 bits per heavy atom. The summed E-state index contributed by atoms with van der Waals surface area (Å²) in [6, 6.07) is 17.2. The molecule has 0 saturated carbocycles. The van der Waals surface area contributed by atoms with Gasteiger partial charge < -0.3 is 11.1 Å². The summed E-state index contributed by atoms with van der Waals surface area (Å²) < 4.78 is 1.08. The summed E-state index contributed by atoms with van der Waals surface area (Å²) in [4.78, 5) is 0. The fraction of sp³-hybridized carbons (Fsp3) is 0.333. The molecule has 0 aliphatic rings. The van der Waals surface area contributed by atoms with Gasteiger partial charge in [-0.25, -0.2) is 0 Å². The predicted molar refractivity (Wildman–Crippen MR) is 94.8 cm³/mol. The molecular weight excluding hydrogens is 324 g/mol. The molecule has 0 fully saturated rings. The van der Waals surface area contributed by atoms with Crippen molar-refractivity contribution >= 4 is 21.6 Å². The average Bonchev–Trinajstić information content (AvgIpc) is 2.51. The van der Waals surface area contributed by atoms with Crippen LogP contribution in [-0.2, 0) is 0 Å². The number of halogens is 1. The highest BCUT2D eigenvalue weighted by Crippen LogP contribution is 2.26. The second kappa shape index (κ2) is 7.62. The third-order valence-electron chi connectivity index (χ3n) is 3.77. The first-order valence-corrected chi connectivity index (χ1v) is 8.17. The number of aryl methyl sites for hydroxylation is 1. The number of hydrogen-bond donors (Lipinski definition) is 2. The lowest BCUT2D eigenvalue weighted by Crippen LogP contribution is -2.30. The first kappa shape index (κ1) is 16.1. The lowest BCUT2D eigenvalue weighted by molar-refractivity contribution is 0.585.